The van der Waals surface area contributed by atoms with Gasteiger partial charge in [-0.25, -0.2) is 8.78 Å². The number of aryl methyl sites for hydroxylation is 2. The second-order valence-corrected chi connectivity index (χ2v) is 4.18. The van der Waals surface area contributed by atoms with Crippen LogP contribution in [-0.4, -0.2) is 36.0 Å². The van der Waals surface area contributed by atoms with Crippen LogP contribution in [0.1, 0.15) is 18.3 Å². The third-order valence-electron chi connectivity index (χ3n) is 2.41. The van der Waals surface area contributed by atoms with Gasteiger partial charge in [0.1, 0.15) is 6.61 Å². The van der Waals surface area contributed by atoms with Crippen molar-refractivity contribution in [3.05, 3.63) is 16.4 Å². The summed E-state index contributed by atoms with van der Waals surface area (Å²) in [6, 6.07) is 0. The number of hydrogen-bond donors (Lipinski definition) is 1. The van der Waals surface area contributed by atoms with Crippen molar-refractivity contribution in [1.82, 2.24) is 15.1 Å². The molecule has 18 heavy (non-hydrogen) atoms. The summed E-state index contributed by atoms with van der Waals surface area (Å²) in [5, 5.41) is 8.02. The molecule has 1 aromatic heterocycles. The molecule has 0 spiro atoms. The predicted molar refractivity (Wildman–Crippen MR) is 66.2 cm³/mol. The van der Waals surface area contributed by atoms with Crippen LogP contribution in [0.2, 0.25) is 5.02 Å². The number of nitrogens with zero attached hydrogens (tertiary/aromatic N) is 2. The van der Waals surface area contributed by atoms with Crippen LogP contribution >= 0.6 is 11.6 Å². The van der Waals surface area contributed by atoms with Gasteiger partial charge in [0, 0.05) is 19.6 Å². The zero-order valence-electron chi connectivity index (χ0n) is 10.5. The maximum Gasteiger partial charge on any atom is 0.261 e. The molecule has 4 nitrogen and oxygen atoms in total. The van der Waals surface area contributed by atoms with Gasteiger partial charge >= 0.3 is 0 Å². The summed E-state index contributed by atoms with van der Waals surface area (Å²) >= 11 is 6.12. The average molecular weight is 282 g/mol. The average Bonchev–Trinajstić information content (AvgIpc) is 2.60. The third-order valence-corrected chi connectivity index (χ3v) is 2.90. The summed E-state index contributed by atoms with van der Waals surface area (Å²) in [5.41, 5.74) is 1.70. The highest BCUT2D eigenvalue weighted by atomic mass is 35.5. The quantitative estimate of drug-likeness (QED) is 0.743. The zero-order chi connectivity index (χ0) is 13.5. The molecule has 1 heterocycles. The molecule has 0 fully saturated rings. The van der Waals surface area contributed by atoms with E-state index < -0.39 is 13.0 Å². The van der Waals surface area contributed by atoms with Crippen molar-refractivity contribution in [3.8, 4) is 0 Å². The van der Waals surface area contributed by atoms with E-state index >= 15 is 0 Å². The van der Waals surface area contributed by atoms with Gasteiger partial charge in [0.05, 0.1) is 23.0 Å². The van der Waals surface area contributed by atoms with E-state index in [4.69, 9.17) is 16.3 Å². The molecule has 1 rings (SSSR count). The fourth-order valence-electron chi connectivity index (χ4n) is 1.56. The molecule has 0 bridgehead atoms. The minimum atomic E-state index is -2.41. The maximum absolute atomic E-state index is 11.8. The topological polar surface area (TPSA) is 39.1 Å². The molecule has 0 saturated heterocycles. The minimum Gasteiger partial charge on any atom is -0.374 e. The lowest BCUT2D eigenvalue weighted by Gasteiger charge is -2.08. The standard InChI is InChI=1S/C11H18ClF2N3O/c1-3-17-9(11(12)8(2)16-17)6-15-4-5-18-7-10(13)14/h10,15H,3-7H2,1-2H3. The van der Waals surface area contributed by atoms with E-state index in [-0.39, 0.29) is 6.61 Å². The Kier molecular flexibility index (Phi) is 6.52. The first kappa shape index (κ1) is 15.3. The van der Waals surface area contributed by atoms with Crippen molar-refractivity contribution in [2.75, 3.05) is 19.8 Å². The van der Waals surface area contributed by atoms with Crippen molar-refractivity contribution in [3.63, 3.8) is 0 Å². The summed E-state index contributed by atoms with van der Waals surface area (Å²) in [6.45, 7) is 5.35. The Balaban J connectivity index is 2.31. The van der Waals surface area contributed by atoms with E-state index in [1.165, 1.54) is 0 Å². The number of alkyl halides is 2. The lowest BCUT2D eigenvalue weighted by atomic mass is 10.3. The van der Waals surface area contributed by atoms with Crippen molar-refractivity contribution < 1.29 is 13.5 Å². The van der Waals surface area contributed by atoms with E-state index in [1.807, 2.05) is 18.5 Å². The highest BCUT2D eigenvalue weighted by Crippen LogP contribution is 2.19. The zero-order valence-corrected chi connectivity index (χ0v) is 11.3. The van der Waals surface area contributed by atoms with Crippen molar-refractivity contribution in [2.24, 2.45) is 0 Å². The normalized spacial score (nSPS) is 11.4. The SMILES string of the molecule is CCn1nc(C)c(Cl)c1CNCCOCC(F)F. The Hall–Kier alpha value is -0.720. The molecule has 0 amide bonds. The second kappa shape index (κ2) is 7.66. The maximum atomic E-state index is 11.8. The Morgan fingerprint density at radius 3 is 2.83 bits per heavy atom. The molecule has 0 atom stereocenters. The van der Waals surface area contributed by atoms with Gasteiger partial charge in [0.25, 0.3) is 6.43 Å². The molecule has 1 N–H and O–H groups in total. The van der Waals surface area contributed by atoms with E-state index in [9.17, 15) is 8.78 Å². The molecule has 0 unspecified atom stereocenters. The van der Waals surface area contributed by atoms with Crippen molar-refractivity contribution in [1.29, 1.82) is 0 Å². The molecule has 7 heteroatoms. The second-order valence-electron chi connectivity index (χ2n) is 3.80. The van der Waals surface area contributed by atoms with Crippen LogP contribution < -0.4 is 5.32 Å². The van der Waals surface area contributed by atoms with Crippen LogP contribution in [0.3, 0.4) is 0 Å². The van der Waals surface area contributed by atoms with E-state index in [0.29, 0.717) is 18.1 Å². The number of halogens is 3. The van der Waals surface area contributed by atoms with Crippen molar-refractivity contribution in [2.45, 2.75) is 33.4 Å². The smallest absolute Gasteiger partial charge is 0.261 e. The van der Waals surface area contributed by atoms with E-state index in [2.05, 4.69) is 10.4 Å². The minimum absolute atomic E-state index is 0.251. The van der Waals surface area contributed by atoms with Gasteiger partial charge in [-0.2, -0.15) is 5.10 Å². The van der Waals surface area contributed by atoms with Gasteiger partial charge in [0.2, 0.25) is 0 Å². The summed E-state index contributed by atoms with van der Waals surface area (Å²) in [5.74, 6) is 0. The lowest BCUT2D eigenvalue weighted by molar-refractivity contribution is 0.0187. The highest BCUT2D eigenvalue weighted by Gasteiger charge is 2.11. The molecule has 0 radical (unpaired) electrons. The van der Waals surface area contributed by atoms with Crippen molar-refractivity contribution >= 4 is 11.6 Å². The summed E-state index contributed by atoms with van der Waals surface area (Å²) in [4.78, 5) is 0. The molecule has 0 aliphatic rings. The summed E-state index contributed by atoms with van der Waals surface area (Å²) < 4.78 is 30.2. The number of nitrogens with one attached hydrogen (secondary N) is 1. The first-order valence-electron chi connectivity index (χ1n) is 5.84. The molecule has 0 aliphatic heterocycles. The van der Waals surface area contributed by atoms with Crippen LogP contribution in [0.4, 0.5) is 8.78 Å². The van der Waals surface area contributed by atoms with Gasteiger partial charge in [-0.3, -0.25) is 4.68 Å². The Labute approximate surface area is 110 Å². The fourth-order valence-corrected chi connectivity index (χ4v) is 1.76. The molecule has 0 aromatic carbocycles. The number of aromatic nitrogens is 2. The Morgan fingerprint density at radius 1 is 1.50 bits per heavy atom. The van der Waals surface area contributed by atoms with Gasteiger partial charge in [-0.05, 0) is 13.8 Å². The van der Waals surface area contributed by atoms with Crippen LogP contribution in [0.15, 0.2) is 0 Å². The molecule has 104 valence electrons. The first-order valence-corrected chi connectivity index (χ1v) is 6.22. The van der Waals surface area contributed by atoms with Crippen LogP contribution in [0.25, 0.3) is 0 Å². The largest absolute Gasteiger partial charge is 0.374 e. The number of hydrogen-bond acceptors (Lipinski definition) is 3. The summed E-state index contributed by atoms with van der Waals surface area (Å²) in [6.07, 6.45) is -2.41. The molecule has 0 saturated carbocycles. The fraction of sp³-hybridized carbons (Fsp3) is 0.727. The predicted octanol–water partition coefficient (Wildman–Crippen LogP) is 2.24. The monoisotopic (exact) mass is 281 g/mol. The molecular formula is C11H18ClF2N3O. The lowest BCUT2D eigenvalue weighted by Crippen LogP contribution is -2.22. The Morgan fingerprint density at radius 2 is 2.22 bits per heavy atom. The highest BCUT2D eigenvalue weighted by molar-refractivity contribution is 6.31. The Bertz CT molecular complexity index is 371. The molecule has 1 aromatic rings. The van der Waals surface area contributed by atoms with Gasteiger partial charge in [-0.1, -0.05) is 11.6 Å². The van der Waals surface area contributed by atoms with Gasteiger partial charge < -0.3 is 10.1 Å². The van der Waals surface area contributed by atoms with Crippen LogP contribution in [0.5, 0.6) is 0 Å². The van der Waals surface area contributed by atoms with Gasteiger partial charge in [0.15, 0.2) is 0 Å². The van der Waals surface area contributed by atoms with E-state index in [0.717, 1.165) is 17.9 Å². The third kappa shape index (κ3) is 4.51. The molecule has 0 aliphatic carbocycles. The van der Waals surface area contributed by atoms with Crippen LogP contribution in [0, 0.1) is 6.92 Å². The first-order chi connectivity index (χ1) is 8.56. The number of ether oxygens (including phenoxy) is 1. The summed E-state index contributed by atoms with van der Waals surface area (Å²) in [7, 11) is 0. The van der Waals surface area contributed by atoms with E-state index in [1.54, 1.807) is 0 Å². The van der Waals surface area contributed by atoms with Crippen LogP contribution in [-0.2, 0) is 17.8 Å². The number of rotatable bonds is 8. The van der Waals surface area contributed by atoms with Gasteiger partial charge in [-0.15, -0.1) is 0 Å². The molecular weight excluding hydrogens is 264 g/mol.